The van der Waals surface area contributed by atoms with Gasteiger partial charge in [0.2, 0.25) is 5.91 Å². The Labute approximate surface area is 174 Å². The number of benzene rings is 1. The zero-order chi connectivity index (χ0) is 19.8. The number of esters is 1. The highest BCUT2D eigenvalue weighted by Crippen LogP contribution is 2.27. The van der Waals surface area contributed by atoms with E-state index in [0.717, 1.165) is 18.1 Å². The van der Waals surface area contributed by atoms with E-state index in [1.165, 1.54) is 6.07 Å². The molecule has 1 heterocycles. The predicted molar refractivity (Wildman–Crippen MR) is 111 cm³/mol. The average molecular weight is 432 g/mol. The molecule has 0 aliphatic carbocycles. The fourth-order valence-electron chi connectivity index (χ4n) is 2.89. The molecule has 0 radical (unpaired) electrons. The molecule has 1 saturated heterocycles. The van der Waals surface area contributed by atoms with Gasteiger partial charge in [0.05, 0.1) is 29.1 Å². The van der Waals surface area contributed by atoms with Crippen molar-refractivity contribution in [3.8, 4) is 0 Å². The van der Waals surface area contributed by atoms with Gasteiger partial charge in [-0.3, -0.25) is 19.7 Å². The van der Waals surface area contributed by atoms with Crippen LogP contribution in [-0.4, -0.2) is 47.0 Å². The van der Waals surface area contributed by atoms with Gasteiger partial charge in [-0.25, -0.2) is 0 Å². The lowest BCUT2D eigenvalue weighted by molar-refractivity contribution is -0.385. The minimum absolute atomic E-state index is 0. The zero-order valence-electron chi connectivity index (χ0n) is 15.9. The number of amides is 1. The summed E-state index contributed by atoms with van der Waals surface area (Å²) < 4.78 is 5.16. The third-order valence-electron chi connectivity index (χ3n) is 4.01. The fourth-order valence-corrected chi connectivity index (χ4v) is 3.84. The van der Waals surface area contributed by atoms with Gasteiger partial charge in [-0.05, 0) is 13.8 Å². The van der Waals surface area contributed by atoms with Crippen LogP contribution in [-0.2, 0) is 14.3 Å². The molecule has 1 aromatic carbocycles. The SMILES string of the molecule is CC(C)OC(=O)CC(NC(=O)CC1CSCCN1)c1ccccc1[N+](=O)[O-].Cl. The first-order chi connectivity index (χ1) is 12.9. The van der Waals surface area contributed by atoms with Crippen molar-refractivity contribution < 1.29 is 19.2 Å². The average Bonchev–Trinajstić information content (AvgIpc) is 2.61. The number of rotatable bonds is 8. The number of thioether (sulfide) groups is 1. The van der Waals surface area contributed by atoms with Crippen molar-refractivity contribution in [3.63, 3.8) is 0 Å². The van der Waals surface area contributed by atoms with Gasteiger partial charge in [0.1, 0.15) is 0 Å². The van der Waals surface area contributed by atoms with Crippen LogP contribution in [0.5, 0.6) is 0 Å². The van der Waals surface area contributed by atoms with Crippen molar-refractivity contribution in [3.05, 3.63) is 39.9 Å². The van der Waals surface area contributed by atoms with Crippen molar-refractivity contribution in [2.45, 2.75) is 44.9 Å². The number of ether oxygens (including phenoxy) is 1. The first kappa shape index (κ1) is 24.2. The number of nitro groups is 1. The number of hydrogen-bond acceptors (Lipinski definition) is 7. The maximum Gasteiger partial charge on any atom is 0.308 e. The van der Waals surface area contributed by atoms with Gasteiger partial charge in [-0.2, -0.15) is 11.8 Å². The molecule has 156 valence electrons. The molecule has 2 unspecified atom stereocenters. The third kappa shape index (κ3) is 7.65. The summed E-state index contributed by atoms with van der Waals surface area (Å²) >= 11 is 1.78. The van der Waals surface area contributed by atoms with Gasteiger partial charge in [0, 0.05) is 36.6 Å². The van der Waals surface area contributed by atoms with Crippen molar-refractivity contribution in [2.24, 2.45) is 0 Å². The molecule has 0 bridgehead atoms. The third-order valence-corrected chi connectivity index (χ3v) is 5.14. The second-order valence-electron chi connectivity index (χ2n) is 6.61. The maximum atomic E-state index is 12.5. The van der Waals surface area contributed by atoms with Gasteiger partial charge in [0.15, 0.2) is 0 Å². The highest BCUT2D eigenvalue weighted by atomic mass is 35.5. The summed E-state index contributed by atoms with van der Waals surface area (Å²) in [6.45, 7) is 4.29. The van der Waals surface area contributed by atoms with Gasteiger partial charge >= 0.3 is 5.97 Å². The minimum Gasteiger partial charge on any atom is -0.463 e. The molecular formula is C18H26ClN3O5S. The number of hydrogen-bond donors (Lipinski definition) is 2. The summed E-state index contributed by atoms with van der Waals surface area (Å²) in [6.07, 6.45) is -0.214. The van der Waals surface area contributed by atoms with Crippen LogP contribution in [0.15, 0.2) is 24.3 Å². The molecule has 1 fully saturated rings. The molecule has 0 spiro atoms. The van der Waals surface area contributed by atoms with Crippen LogP contribution >= 0.6 is 24.2 Å². The number of halogens is 1. The lowest BCUT2D eigenvalue weighted by Gasteiger charge is -2.24. The molecule has 0 aromatic heterocycles. The normalized spacial score (nSPS) is 17.3. The largest absolute Gasteiger partial charge is 0.463 e. The van der Waals surface area contributed by atoms with Crippen LogP contribution < -0.4 is 10.6 Å². The Bertz CT molecular complexity index is 683. The number of nitrogens with one attached hydrogen (secondary N) is 2. The van der Waals surface area contributed by atoms with E-state index in [1.807, 2.05) is 0 Å². The monoisotopic (exact) mass is 431 g/mol. The molecule has 2 atom stereocenters. The Morgan fingerprint density at radius 2 is 2.11 bits per heavy atom. The minimum atomic E-state index is -0.818. The van der Waals surface area contributed by atoms with Crippen molar-refractivity contribution >= 4 is 41.7 Å². The number of nitro benzene ring substituents is 1. The van der Waals surface area contributed by atoms with Gasteiger partial charge in [-0.15, -0.1) is 12.4 Å². The van der Waals surface area contributed by atoms with Crippen LogP contribution in [0.1, 0.15) is 38.3 Å². The van der Waals surface area contributed by atoms with Crippen LogP contribution in [0.3, 0.4) is 0 Å². The Morgan fingerprint density at radius 1 is 1.39 bits per heavy atom. The molecule has 2 N–H and O–H groups in total. The topological polar surface area (TPSA) is 111 Å². The number of para-hydroxylation sites is 1. The van der Waals surface area contributed by atoms with E-state index in [2.05, 4.69) is 10.6 Å². The Morgan fingerprint density at radius 3 is 2.71 bits per heavy atom. The van der Waals surface area contributed by atoms with E-state index in [1.54, 1.807) is 43.8 Å². The second kappa shape index (κ2) is 11.9. The van der Waals surface area contributed by atoms with Crippen LogP contribution in [0.4, 0.5) is 5.69 Å². The molecule has 1 aliphatic heterocycles. The second-order valence-corrected chi connectivity index (χ2v) is 7.76. The molecule has 1 aromatic rings. The summed E-state index contributed by atoms with van der Waals surface area (Å²) in [4.78, 5) is 35.5. The number of nitrogens with zero attached hydrogens (tertiary/aromatic N) is 1. The highest BCUT2D eigenvalue weighted by molar-refractivity contribution is 7.99. The number of carbonyl (C=O) groups excluding carboxylic acids is 2. The summed E-state index contributed by atoms with van der Waals surface area (Å²) in [7, 11) is 0. The van der Waals surface area contributed by atoms with Crippen molar-refractivity contribution in [1.82, 2.24) is 10.6 Å². The molecule has 1 amide bonds. The van der Waals surface area contributed by atoms with E-state index in [9.17, 15) is 19.7 Å². The quantitative estimate of drug-likeness (QED) is 0.369. The highest BCUT2D eigenvalue weighted by Gasteiger charge is 2.27. The van der Waals surface area contributed by atoms with E-state index < -0.39 is 16.9 Å². The van der Waals surface area contributed by atoms with E-state index in [0.29, 0.717) is 5.56 Å². The summed E-state index contributed by atoms with van der Waals surface area (Å²) in [5, 5.41) is 17.4. The molecule has 8 nitrogen and oxygen atoms in total. The van der Waals surface area contributed by atoms with Gasteiger partial charge in [0.25, 0.3) is 5.69 Å². The van der Waals surface area contributed by atoms with Crippen molar-refractivity contribution in [1.29, 1.82) is 0 Å². The van der Waals surface area contributed by atoms with Crippen molar-refractivity contribution in [2.75, 3.05) is 18.1 Å². The van der Waals surface area contributed by atoms with Gasteiger partial charge in [-0.1, -0.05) is 18.2 Å². The first-order valence-corrected chi connectivity index (χ1v) is 10.1. The number of carbonyl (C=O) groups is 2. The summed E-state index contributed by atoms with van der Waals surface area (Å²) in [5.74, 6) is 1.08. The van der Waals surface area contributed by atoms with Gasteiger partial charge < -0.3 is 15.4 Å². The molecule has 0 saturated carbocycles. The standard InChI is InChI=1S/C18H25N3O5S.ClH/c1-12(2)26-18(23)10-15(14-5-3-4-6-16(14)21(24)25)20-17(22)9-13-11-27-8-7-19-13;/h3-6,12-13,15,19H,7-11H2,1-2H3,(H,20,22);1H. The Kier molecular flexibility index (Phi) is 10.3. The predicted octanol–water partition coefficient (Wildman–Crippen LogP) is 2.61. The van der Waals surface area contributed by atoms with Crippen LogP contribution in [0.25, 0.3) is 0 Å². The molecule has 10 heteroatoms. The maximum absolute atomic E-state index is 12.5. The summed E-state index contributed by atoms with van der Waals surface area (Å²) in [5.41, 5.74) is 0.161. The first-order valence-electron chi connectivity index (χ1n) is 8.90. The molecule has 1 aliphatic rings. The van der Waals surface area contributed by atoms with Crippen LogP contribution in [0.2, 0.25) is 0 Å². The van der Waals surface area contributed by atoms with E-state index in [-0.39, 0.29) is 49.0 Å². The van der Waals surface area contributed by atoms with E-state index in [4.69, 9.17) is 4.74 Å². The zero-order valence-corrected chi connectivity index (χ0v) is 17.5. The molecular weight excluding hydrogens is 406 g/mol. The lowest BCUT2D eigenvalue weighted by atomic mass is 10.0. The van der Waals surface area contributed by atoms with Crippen LogP contribution in [0, 0.1) is 10.1 Å². The lowest BCUT2D eigenvalue weighted by Crippen LogP contribution is -2.42. The molecule has 2 rings (SSSR count). The fraction of sp³-hybridized carbons (Fsp3) is 0.556. The molecule has 28 heavy (non-hydrogen) atoms. The smallest absolute Gasteiger partial charge is 0.308 e. The summed E-state index contributed by atoms with van der Waals surface area (Å²) in [6, 6.07) is 5.35. The Balaban J connectivity index is 0.00000392. The Hall–Kier alpha value is -1.84. The van der Waals surface area contributed by atoms with E-state index >= 15 is 0 Å².